The lowest BCUT2D eigenvalue weighted by Crippen LogP contribution is -2.67. The van der Waals surface area contributed by atoms with Gasteiger partial charge < -0.3 is 71.9 Å². The Kier molecular flexibility index (Phi) is 16.4. The van der Waals surface area contributed by atoms with Crippen LogP contribution in [0.15, 0.2) is 53.5 Å². The first-order chi connectivity index (χ1) is 35.8. The van der Waals surface area contributed by atoms with Gasteiger partial charge in [0.05, 0.1) is 49.2 Å². The summed E-state index contributed by atoms with van der Waals surface area (Å²) in [7, 11) is 0. The number of aliphatic hydroxyl groups excluding tert-OH is 3. The fourth-order valence-corrected chi connectivity index (χ4v) is 10.6. The monoisotopic (exact) mass is 1030 g/mol. The van der Waals surface area contributed by atoms with E-state index in [2.05, 4.69) is 16.8 Å². The number of aldehydes is 1. The number of hydrogen-bond donors (Lipinski definition) is 10. The van der Waals surface area contributed by atoms with Crippen LogP contribution < -0.4 is 26.7 Å². The smallest absolute Gasteiger partial charge is 0.308 e. The third kappa shape index (κ3) is 11.1. The van der Waals surface area contributed by atoms with Crippen LogP contribution in [0, 0.1) is 11.8 Å². The second-order valence-electron chi connectivity index (χ2n) is 19.5. The number of aliphatic imine (C=N–C) groups is 1. The summed E-state index contributed by atoms with van der Waals surface area (Å²) in [5.41, 5.74) is 16.0. The zero-order chi connectivity index (χ0) is 53.9. The zero-order valence-corrected chi connectivity index (χ0v) is 41.6. The Bertz CT molecular complexity index is 3020. The maximum atomic E-state index is 15.9. The predicted molar refractivity (Wildman–Crippen MR) is 273 cm³/mol. The van der Waals surface area contributed by atoms with Crippen LogP contribution in [0.5, 0.6) is 17.2 Å². The third-order valence-corrected chi connectivity index (χ3v) is 14.3. The van der Waals surface area contributed by atoms with Crippen LogP contribution in [0.4, 0.5) is 0 Å². The Balaban J connectivity index is 1.44. The topological polar surface area (TPSA) is 337 Å². The lowest BCUT2D eigenvalue weighted by molar-refractivity contribution is -0.378. The molecule has 4 aromatic carbocycles. The van der Waals surface area contributed by atoms with Crippen molar-refractivity contribution in [3.8, 4) is 29.1 Å². The van der Waals surface area contributed by atoms with Crippen LogP contribution >= 0.6 is 0 Å². The number of aromatic hydroxyl groups is 1. The second kappa shape index (κ2) is 22.6. The Morgan fingerprint density at radius 3 is 2.39 bits per heavy atom. The molecule has 6 unspecified atom stereocenters. The molecule has 1 aliphatic heterocycles. The molecule has 1 heterocycles. The summed E-state index contributed by atoms with van der Waals surface area (Å²) in [6.07, 6.45) is -1.59. The molecule has 13 N–H and O–H groups in total. The number of carbonyl (C=O) groups excluding carboxylic acids is 4. The minimum atomic E-state index is -3.11. The lowest BCUT2D eigenvalue weighted by Gasteiger charge is -2.46. The average molecular weight is 1030 g/mol. The number of esters is 1. The molecule has 0 amide bonds. The summed E-state index contributed by atoms with van der Waals surface area (Å²) in [5.74, 6) is -1.48. The number of benzene rings is 4. The molecule has 3 aliphatic carbocycles. The van der Waals surface area contributed by atoms with Crippen molar-refractivity contribution in [2.24, 2.45) is 22.2 Å². The predicted octanol–water partition coefficient (Wildman–Crippen LogP) is 2.71. The fraction of sp³-hybridized carbons (Fsp3) is 0.411. The first-order valence-electron chi connectivity index (χ1n) is 24.9. The lowest BCUT2D eigenvalue weighted by atomic mass is 9.74. The average Bonchev–Trinajstić information content (AvgIpc) is 3.36. The van der Waals surface area contributed by atoms with Crippen molar-refractivity contribution in [2.75, 3.05) is 13.2 Å². The van der Waals surface area contributed by atoms with E-state index in [0.29, 0.717) is 43.1 Å². The van der Waals surface area contributed by atoms with E-state index >= 15 is 9.59 Å². The highest BCUT2D eigenvalue weighted by atomic mass is 16.7. The molecule has 19 heteroatoms. The van der Waals surface area contributed by atoms with Crippen molar-refractivity contribution < 1.29 is 73.9 Å². The largest absolute Gasteiger partial charge is 0.507 e. The molecule has 75 heavy (non-hydrogen) atoms. The number of phenols is 1. The molecule has 1 saturated carbocycles. The van der Waals surface area contributed by atoms with Crippen molar-refractivity contribution in [3.63, 3.8) is 0 Å². The highest BCUT2D eigenvalue weighted by Crippen LogP contribution is 2.49. The highest BCUT2D eigenvalue weighted by molar-refractivity contribution is 6.32. The van der Waals surface area contributed by atoms with Gasteiger partial charge in [-0.1, -0.05) is 79.6 Å². The molecule has 0 spiro atoms. The first kappa shape index (κ1) is 54.4. The maximum absolute atomic E-state index is 15.9. The molecular weight excluding hydrogens is 969 g/mol. The van der Waals surface area contributed by atoms with Gasteiger partial charge in [-0.15, -0.1) is 0 Å². The van der Waals surface area contributed by atoms with Crippen LogP contribution in [0.2, 0.25) is 0 Å². The summed E-state index contributed by atoms with van der Waals surface area (Å²) in [4.78, 5) is 61.3. The van der Waals surface area contributed by atoms with Gasteiger partial charge in [-0.3, -0.25) is 24.2 Å². The molecule has 396 valence electrons. The Morgan fingerprint density at radius 1 is 0.947 bits per heavy atom. The number of aliphatic hydroxyl groups is 6. The minimum absolute atomic E-state index is 0.0517. The summed E-state index contributed by atoms with van der Waals surface area (Å²) in [6, 6.07) is 12.5. The van der Waals surface area contributed by atoms with Crippen LogP contribution in [-0.2, 0) is 45.7 Å². The fourth-order valence-electron chi connectivity index (χ4n) is 10.6. The van der Waals surface area contributed by atoms with E-state index < -0.39 is 108 Å². The molecule has 2 fully saturated rings. The van der Waals surface area contributed by atoms with E-state index in [1.807, 2.05) is 12.1 Å². The second-order valence-corrected chi connectivity index (χ2v) is 19.5. The zero-order valence-electron chi connectivity index (χ0n) is 41.6. The number of ether oxygens (including phenoxy) is 4. The maximum Gasteiger partial charge on any atom is 0.308 e. The van der Waals surface area contributed by atoms with Gasteiger partial charge in [0, 0.05) is 58.7 Å². The van der Waals surface area contributed by atoms with Crippen molar-refractivity contribution in [3.05, 3.63) is 121 Å². The number of nitrogens with zero attached hydrogens (tertiary/aromatic N) is 1. The van der Waals surface area contributed by atoms with Gasteiger partial charge in [-0.25, -0.2) is 0 Å². The van der Waals surface area contributed by atoms with Gasteiger partial charge in [0.15, 0.2) is 29.9 Å². The van der Waals surface area contributed by atoms with E-state index in [9.17, 15) is 45.3 Å². The Labute approximate surface area is 432 Å². The van der Waals surface area contributed by atoms with E-state index in [1.165, 1.54) is 19.1 Å². The van der Waals surface area contributed by atoms with Gasteiger partial charge in [-0.2, -0.15) is 0 Å². The van der Waals surface area contributed by atoms with Crippen molar-refractivity contribution in [1.82, 2.24) is 0 Å². The summed E-state index contributed by atoms with van der Waals surface area (Å²) >= 11 is 0. The summed E-state index contributed by atoms with van der Waals surface area (Å²) in [6.45, 7) is 1.05. The number of nitrogens with two attached hydrogens (primary N) is 3. The summed E-state index contributed by atoms with van der Waals surface area (Å²) < 4.78 is 24.4. The molecule has 19 nitrogen and oxygen atoms in total. The Hall–Kier alpha value is -6.83. The summed E-state index contributed by atoms with van der Waals surface area (Å²) in [5, 5.41) is 81.2. The van der Waals surface area contributed by atoms with Crippen molar-refractivity contribution in [1.29, 1.82) is 0 Å². The quantitative estimate of drug-likeness (QED) is 0.0125. The number of rotatable bonds is 12. The Morgan fingerprint density at radius 2 is 1.68 bits per heavy atom. The molecule has 8 rings (SSSR count). The van der Waals surface area contributed by atoms with E-state index in [0.717, 1.165) is 18.9 Å². The molecule has 6 atom stereocenters. The number of carbonyl (C=O) groups is 4. The van der Waals surface area contributed by atoms with E-state index in [-0.39, 0.29) is 88.6 Å². The molecule has 1 saturated heterocycles. The SMILES string of the molecule is CC(=O)Oc1cc(CO)c2c3c1C=Cc1cccc(c1)CC(O)CCC(N)C#CCc1c(OC4OC(C)C(O)C(O)(O)C4OCCN=C(N)N)c(Cc4cccc(C5(O)CCCCC5)c4C=O)c(O)c(c1C3=O)C2=O. The standard InChI is InChI=1S/C56H62N4O15/c1-29-51(68)56(70,71)52(72-22-21-60-54(58)59)53(73-29)75-50-38-13-8-12-35(57)16-17-36(64)24-32-10-6-9-31(23-32)15-18-37-42(74-30(2)63)26-34(27-61)43-44(37)49(67)45(38)46(48(43)66)47(65)39(50)25-33-11-7-14-41(40(33)28-62)55(69)19-4-3-5-20-55/h6-7,9-11,14-15,18,23,26,28-29,35-36,51-53,61,64-65,68-71H,3-5,13,16-17,19-22,24-25,27,57H2,1-2H3,(H4,58,59,60). The van der Waals surface area contributed by atoms with Crippen molar-refractivity contribution >= 4 is 41.9 Å². The van der Waals surface area contributed by atoms with Gasteiger partial charge in [0.1, 0.15) is 23.4 Å². The van der Waals surface area contributed by atoms with Gasteiger partial charge >= 0.3 is 5.97 Å². The third-order valence-electron chi connectivity index (χ3n) is 14.3. The van der Waals surface area contributed by atoms with Crippen molar-refractivity contribution in [2.45, 2.75) is 133 Å². The first-order valence-corrected chi connectivity index (χ1v) is 24.9. The number of fused-ring (bicyclic) bond motifs is 2. The van der Waals surface area contributed by atoms with Gasteiger partial charge in [0.2, 0.25) is 12.1 Å². The van der Waals surface area contributed by atoms with Crippen LogP contribution in [-0.4, -0.2) is 121 Å². The van der Waals surface area contributed by atoms with Crippen LogP contribution in [0.3, 0.4) is 0 Å². The van der Waals surface area contributed by atoms with Crippen LogP contribution in [0.25, 0.3) is 12.2 Å². The minimum Gasteiger partial charge on any atom is -0.507 e. The van der Waals surface area contributed by atoms with Gasteiger partial charge in [0.25, 0.3) is 0 Å². The molecular formula is C56H62N4O15. The highest BCUT2D eigenvalue weighted by Gasteiger charge is 2.56. The molecule has 0 radical (unpaired) electrons. The van der Waals surface area contributed by atoms with E-state index in [1.54, 1.807) is 36.4 Å². The number of phenolic OH excluding ortho intramolecular Hbond substituents is 1. The number of guanidine groups is 1. The van der Waals surface area contributed by atoms with Crippen LogP contribution in [0.1, 0.15) is 146 Å². The number of hydrogen-bond acceptors (Lipinski definition) is 17. The molecule has 4 aliphatic rings. The molecule has 0 aromatic heterocycles. The van der Waals surface area contributed by atoms with E-state index in [4.69, 9.17) is 36.1 Å². The van der Waals surface area contributed by atoms with Gasteiger partial charge in [-0.05, 0) is 79.0 Å². The molecule has 4 aromatic rings. The number of ketones is 2. The normalized spacial score (nSPS) is 22.9. The molecule has 4 bridgehead atoms.